The maximum atomic E-state index is 12.5. The zero-order valence-electron chi connectivity index (χ0n) is 11.6. The van der Waals surface area contributed by atoms with Gasteiger partial charge in [0.25, 0.3) is 0 Å². The van der Waals surface area contributed by atoms with Gasteiger partial charge in [0.1, 0.15) is 0 Å². The molecular formula is C17H19NO2. The van der Waals surface area contributed by atoms with Crippen molar-refractivity contribution in [3.8, 4) is 0 Å². The summed E-state index contributed by atoms with van der Waals surface area (Å²) in [4.78, 5) is 26.6. The number of Topliss-reactive ketones (excluding diaryl/α,β-unsaturated/α-hetero) is 1. The molecule has 3 heteroatoms. The quantitative estimate of drug-likeness (QED) is 0.828. The largest absolute Gasteiger partial charge is 0.335 e. The highest BCUT2D eigenvalue weighted by molar-refractivity contribution is 5.99. The van der Waals surface area contributed by atoms with Crippen molar-refractivity contribution in [2.45, 2.75) is 44.6 Å². The van der Waals surface area contributed by atoms with Crippen LogP contribution < -0.4 is 0 Å². The second-order valence-corrected chi connectivity index (χ2v) is 6.34. The lowest BCUT2D eigenvalue weighted by molar-refractivity contribution is -0.134. The third-order valence-corrected chi connectivity index (χ3v) is 4.95. The van der Waals surface area contributed by atoms with Crippen LogP contribution in [0, 0.1) is 5.92 Å². The van der Waals surface area contributed by atoms with Crippen LogP contribution in [0.25, 0.3) is 0 Å². The Labute approximate surface area is 119 Å². The molecule has 0 saturated heterocycles. The second kappa shape index (κ2) is 4.44. The van der Waals surface area contributed by atoms with Crippen molar-refractivity contribution in [1.29, 1.82) is 0 Å². The molecule has 1 amide bonds. The van der Waals surface area contributed by atoms with Gasteiger partial charge in [0.2, 0.25) is 5.91 Å². The molecule has 0 radical (unpaired) electrons. The third kappa shape index (κ3) is 1.88. The molecule has 104 valence electrons. The van der Waals surface area contributed by atoms with Gasteiger partial charge in [-0.2, -0.15) is 0 Å². The number of carbonyl (C=O) groups is 2. The van der Waals surface area contributed by atoms with E-state index in [2.05, 4.69) is 11.0 Å². The summed E-state index contributed by atoms with van der Waals surface area (Å²) in [7, 11) is 0. The van der Waals surface area contributed by atoms with Crippen LogP contribution in [0.3, 0.4) is 0 Å². The van der Waals surface area contributed by atoms with Crippen LogP contribution >= 0.6 is 0 Å². The summed E-state index contributed by atoms with van der Waals surface area (Å²) in [6.45, 7) is 0.820. The van der Waals surface area contributed by atoms with Gasteiger partial charge in [-0.25, -0.2) is 0 Å². The maximum absolute atomic E-state index is 12.5. The summed E-state index contributed by atoms with van der Waals surface area (Å²) in [5, 5.41) is 0. The normalized spacial score (nSPS) is 24.5. The topological polar surface area (TPSA) is 37.4 Å². The van der Waals surface area contributed by atoms with E-state index in [9.17, 15) is 9.59 Å². The molecule has 1 aromatic carbocycles. The van der Waals surface area contributed by atoms with E-state index in [-0.39, 0.29) is 11.8 Å². The van der Waals surface area contributed by atoms with Crippen LogP contribution in [-0.2, 0) is 11.2 Å². The average Bonchev–Trinajstić information content (AvgIpc) is 3.26. The smallest absolute Gasteiger partial charge is 0.223 e. The summed E-state index contributed by atoms with van der Waals surface area (Å²) in [6, 6.07) is 6.18. The lowest BCUT2D eigenvalue weighted by Gasteiger charge is -2.40. The molecule has 1 aliphatic heterocycles. The molecule has 20 heavy (non-hydrogen) atoms. The van der Waals surface area contributed by atoms with Gasteiger partial charge in [-0.3, -0.25) is 9.59 Å². The van der Waals surface area contributed by atoms with E-state index in [0.29, 0.717) is 24.7 Å². The van der Waals surface area contributed by atoms with Crippen LogP contribution in [0.1, 0.15) is 59.6 Å². The van der Waals surface area contributed by atoms with Crippen LogP contribution in [0.2, 0.25) is 0 Å². The van der Waals surface area contributed by atoms with Crippen molar-refractivity contribution in [3.63, 3.8) is 0 Å². The van der Waals surface area contributed by atoms with Gasteiger partial charge in [-0.05, 0) is 42.7 Å². The monoisotopic (exact) mass is 269 g/mol. The Bertz CT molecular complexity index is 589. The Morgan fingerprint density at radius 3 is 2.85 bits per heavy atom. The summed E-state index contributed by atoms with van der Waals surface area (Å²) in [6.07, 6.45) is 5.41. The van der Waals surface area contributed by atoms with Crippen molar-refractivity contribution in [2.24, 2.45) is 5.92 Å². The molecule has 2 aliphatic carbocycles. The first-order valence-electron chi connectivity index (χ1n) is 7.68. The molecular weight excluding hydrogens is 250 g/mol. The van der Waals surface area contributed by atoms with Crippen molar-refractivity contribution in [1.82, 2.24) is 4.90 Å². The number of amides is 1. The molecule has 1 atom stereocenters. The minimum absolute atomic E-state index is 0.152. The first kappa shape index (κ1) is 12.1. The van der Waals surface area contributed by atoms with E-state index in [1.807, 2.05) is 12.1 Å². The molecule has 1 saturated carbocycles. The van der Waals surface area contributed by atoms with Crippen LogP contribution in [-0.4, -0.2) is 23.1 Å². The number of carbonyl (C=O) groups excluding carboxylic acids is 2. The van der Waals surface area contributed by atoms with E-state index in [1.54, 1.807) is 0 Å². The number of hydrogen-bond donors (Lipinski definition) is 0. The minimum atomic E-state index is 0.152. The maximum Gasteiger partial charge on any atom is 0.223 e. The lowest BCUT2D eigenvalue weighted by atomic mass is 9.79. The van der Waals surface area contributed by atoms with Crippen molar-refractivity contribution in [3.05, 3.63) is 34.9 Å². The number of nitrogens with zero attached hydrogens (tertiary/aromatic N) is 1. The second-order valence-electron chi connectivity index (χ2n) is 6.34. The first-order chi connectivity index (χ1) is 9.74. The summed E-state index contributed by atoms with van der Waals surface area (Å²) in [5.41, 5.74) is 3.29. The Balaban J connectivity index is 1.69. The van der Waals surface area contributed by atoms with Gasteiger partial charge in [-0.15, -0.1) is 0 Å². The van der Waals surface area contributed by atoms with Gasteiger partial charge in [0.05, 0.1) is 6.04 Å². The van der Waals surface area contributed by atoms with Gasteiger partial charge < -0.3 is 4.90 Å². The fourth-order valence-corrected chi connectivity index (χ4v) is 3.71. The summed E-state index contributed by atoms with van der Waals surface area (Å²) >= 11 is 0. The van der Waals surface area contributed by atoms with Gasteiger partial charge >= 0.3 is 0 Å². The van der Waals surface area contributed by atoms with E-state index < -0.39 is 0 Å². The van der Waals surface area contributed by atoms with Crippen molar-refractivity contribution < 1.29 is 9.59 Å². The van der Waals surface area contributed by atoms with Crippen LogP contribution in [0.15, 0.2) is 18.2 Å². The van der Waals surface area contributed by atoms with E-state index in [4.69, 9.17) is 0 Å². The fraction of sp³-hybridized carbons (Fsp3) is 0.529. The molecule has 4 rings (SSSR count). The zero-order chi connectivity index (χ0) is 13.7. The Kier molecular flexibility index (Phi) is 2.69. The SMILES string of the molecule is O=C1CCC2c3c(cccc31)CCN2C(=O)CC1CC1. The molecule has 1 aromatic rings. The van der Waals surface area contributed by atoms with E-state index >= 15 is 0 Å². The summed E-state index contributed by atoms with van der Waals surface area (Å²) in [5.74, 6) is 1.17. The zero-order valence-corrected chi connectivity index (χ0v) is 11.6. The summed E-state index contributed by atoms with van der Waals surface area (Å²) < 4.78 is 0. The number of hydrogen-bond acceptors (Lipinski definition) is 2. The molecule has 3 nitrogen and oxygen atoms in total. The Hall–Kier alpha value is -1.64. The highest BCUT2D eigenvalue weighted by Crippen LogP contribution is 2.41. The van der Waals surface area contributed by atoms with Crippen LogP contribution in [0.5, 0.6) is 0 Å². The highest BCUT2D eigenvalue weighted by Gasteiger charge is 2.38. The number of benzene rings is 1. The molecule has 1 fully saturated rings. The predicted molar refractivity (Wildman–Crippen MR) is 75.5 cm³/mol. The number of ketones is 1. The van der Waals surface area contributed by atoms with Crippen LogP contribution in [0.4, 0.5) is 0 Å². The molecule has 0 bridgehead atoms. The van der Waals surface area contributed by atoms with E-state index in [0.717, 1.165) is 30.5 Å². The van der Waals surface area contributed by atoms with Gasteiger partial charge in [0, 0.05) is 24.9 Å². The molecule has 1 heterocycles. The molecule has 0 N–H and O–H groups in total. The minimum Gasteiger partial charge on any atom is -0.335 e. The lowest BCUT2D eigenvalue weighted by Crippen LogP contribution is -2.42. The standard InChI is InChI=1S/C17H19NO2/c19-15-7-6-14-17-12(2-1-3-13(15)17)8-9-18(14)16(20)10-11-4-5-11/h1-3,11,14H,4-10H2. The van der Waals surface area contributed by atoms with Gasteiger partial charge in [-0.1, -0.05) is 18.2 Å². The van der Waals surface area contributed by atoms with E-state index in [1.165, 1.54) is 18.4 Å². The fourth-order valence-electron chi connectivity index (χ4n) is 3.71. The molecule has 3 aliphatic rings. The van der Waals surface area contributed by atoms with Crippen molar-refractivity contribution in [2.75, 3.05) is 6.54 Å². The Morgan fingerprint density at radius 2 is 2.05 bits per heavy atom. The third-order valence-electron chi connectivity index (χ3n) is 4.95. The Morgan fingerprint density at radius 1 is 1.20 bits per heavy atom. The average molecular weight is 269 g/mol. The first-order valence-corrected chi connectivity index (χ1v) is 7.68. The molecule has 0 spiro atoms. The number of rotatable bonds is 2. The molecule has 0 aromatic heterocycles. The van der Waals surface area contributed by atoms with Gasteiger partial charge in [0.15, 0.2) is 5.78 Å². The molecule has 1 unspecified atom stereocenters. The highest BCUT2D eigenvalue weighted by atomic mass is 16.2. The van der Waals surface area contributed by atoms with Crippen molar-refractivity contribution >= 4 is 11.7 Å². The predicted octanol–water partition coefficient (Wildman–Crippen LogP) is 2.89.